The van der Waals surface area contributed by atoms with Gasteiger partial charge in [-0.05, 0) is 48.1 Å². The third-order valence-electron chi connectivity index (χ3n) is 4.70. The molecular formula is C16H22N2O2. The maximum Gasteiger partial charge on any atom is 0.251 e. The van der Waals surface area contributed by atoms with Gasteiger partial charge in [0.2, 0.25) is 0 Å². The van der Waals surface area contributed by atoms with Crippen molar-refractivity contribution in [3.05, 3.63) is 34.9 Å². The van der Waals surface area contributed by atoms with Gasteiger partial charge in [0.05, 0.1) is 13.2 Å². The van der Waals surface area contributed by atoms with Crippen LogP contribution < -0.4 is 11.1 Å². The number of benzene rings is 1. The molecule has 0 bridgehead atoms. The predicted molar refractivity (Wildman–Crippen MR) is 77.2 cm³/mol. The number of amides is 1. The van der Waals surface area contributed by atoms with Gasteiger partial charge in [-0.15, -0.1) is 0 Å². The molecule has 0 spiro atoms. The van der Waals surface area contributed by atoms with Crippen molar-refractivity contribution in [2.24, 2.45) is 11.1 Å². The molecule has 0 atom stereocenters. The largest absolute Gasteiger partial charge is 0.372 e. The summed E-state index contributed by atoms with van der Waals surface area (Å²) in [7, 11) is 0. The molecule has 1 aliphatic heterocycles. The van der Waals surface area contributed by atoms with Crippen LogP contribution in [0.25, 0.3) is 0 Å². The average Bonchev–Trinajstić information content (AvgIpc) is 3.13. The van der Waals surface area contributed by atoms with Crippen molar-refractivity contribution >= 4 is 5.91 Å². The Balaban J connectivity index is 1.64. The molecule has 0 radical (unpaired) electrons. The van der Waals surface area contributed by atoms with Crippen LogP contribution in [0.2, 0.25) is 0 Å². The maximum atomic E-state index is 12.3. The van der Waals surface area contributed by atoms with Crippen LogP contribution >= 0.6 is 0 Å². The second kappa shape index (κ2) is 5.54. The summed E-state index contributed by atoms with van der Waals surface area (Å²) in [6, 6.07) is 5.82. The Bertz CT molecular complexity index is 507. The lowest BCUT2D eigenvalue weighted by Gasteiger charge is -2.27. The standard InChI is InChI=1S/C16H22N2O2/c17-10-16(5-1-2-6-16)11-18-15(19)12-3-4-13-8-20-9-14(13)7-12/h3-4,7H,1-2,5-6,8-11,17H2,(H,18,19). The first kappa shape index (κ1) is 13.6. The van der Waals surface area contributed by atoms with Crippen molar-refractivity contribution in [3.8, 4) is 0 Å². The van der Waals surface area contributed by atoms with Crippen molar-refractivity contribution in [2.75, 3.05) is 13.1 Å². The first-order valence-electron chi connectivity index (χ1n) is 7.40. The number of fused-ring (bicyclic) bond motifs is 1. The number of hydrogen-bond donors (Lipinski definition) is 2. The minimum absolute atomic E-state index is 0.000532. The molecule has 1 saturated carbocycles. The van der Waals surface area contributed by atoms with E-state index in [-0.39, 0.29) is 11.3 Å². The van der Waals surface area contributed by atoms with Crippen LogP contribution in [-0.2, 0) is 18.0 Å². The topological polar surface area (TPSA) is 64.3 Å². The van der Waals surface area contributed by atoms with E-state index in [9.17, 15) is 4.79 Å². The highest BCUT2D eigenvalue weighted by Gasteiger charge is 2.32. The molecule has 1 aromatic carbocycles. The van der Waals surface area contributed by atoms with Crippen molar-refractivity contribution in [1.29, 1.82) is 0 Å². The molecule has 1 fully saturated rings. The van der Waals surface area contributed by atoms with Gasteiger partial charge in [-0.3, -0.25) is 4.79 Å². The second-order valence-electron chi connectivity index (χ2n) is 6.07. The third-order valence-corrected chi connectivity index (χ3v) is 4.70. The normalized spacial score (nSPS) is 19.9. The van der Waals surface area contributed by atoms with E-state index in [0.29, 0.717) is 26.3 Å². The van der Waals surface area contributed by atoms with Crippen LogP contribution in [0.3, 0.4) is 0 Å². The summed E-state index contributed by atoms with van der Waals surface area (Å²) in [5, 5.41) is 3.06. The second-order valence-corrected chi connectivity index (χ2v) is 6.07. The molecule has 3 N–H and O–H groups in total. The summed E-state index contributed by atoms with van der Waals surface area (Å²) >= 11 is 0. The Labute approximate surface area is 119 Å². The van der Waals surface area contributed by atoms with Crippen LogP contribution in [-0.4, -0.2) is 19.0 Å². The molecule has 0 aromatic heterocycles. The van der Waals surface area contributed by atoms with Gasteiger partial charge in [0.25, 0.3) is 5.91 Å². The molecule has 0 saturated heterocycles. The Morgan fingerprint density at radius 1 is 1.25 bits per heavy atom. The number of nitrogens with two attached hydrogens (primary N) is 1. The number of carbonyl (C=O) groups excluding carboxylic acids is 1. The van der Waals surface area contributed by atoms with Gasteiger partial charge in [0, 0.05) is 12.1 Å². The molecule has 1 aliphatic carbocycles. The fourth-order valence-electron chi connectivity index (χ4n) is 3.26. The van der Waals surface area contributed by atoms with Crippen LogP contribution in [0.5, 0.6) is 0 Å². The molecule has 3 rings (SSSR count). The summed E-state index contributed by atoms with van der Waals surface area (Å²) < 4.78 is 5.38. The summed E-state index contributed by atoms with van der Waals surface area (Å²) in [4.78, 5) is 12.3. The van der Waals surface area contributed by atoms with E-state index in [0.717, 1.165) is 24.0 Å². The van der Waals surface area contributed by atoms with Crippen LogP contribution in [0.1, 0.15) is 47.2 Å². The summed E-state index contributed by atoms with van der Waals surface area (Å²) in [6.07, 6.45) is 4.70. The van der Waals surface area contributed by atoms with Gasteiger partial charge in [-0.25, -0.2) is 0 Å². The first-order chi connectivity index (χ1) is 9.72. The molecule has 1 aromatic rings. The molecule has 2 aliphatic rings. The molecule has 108 valence electrons. The van der Waals surface area contributed by atoms with Crippen LogP contribution in [0.15, 0.2) is 18.2 Å². The van der Waals surface area contributed by atoms with Crippen molar-refractivity contribution in [3.63, 3.8) is 0 Å². The van der Waals surface area contributed by atoms with E-state index in [4.69, 9.17) is 10.5 Å². The molecule has 4 nitrogen and oxygen atoms in total. The Morgan fingerprint density at radius 2 is 2.00 bits per heavy atom. The predicted octanol–water partition coefficient (Wildman–Crippen LogP) is 1.97. The van der Waals surface area contributed by atoms with Gasteiger partial charge in [-0.2, -0.15) is 0 Å². The van der Waals surface area contributed by atoms with Crippen LogP contribution in [0.4, 0.5) is 0 Å². The number of rotatable bonds is 4. The van der Waals surface area contributed by atoms with E-state index in [1.165, 1.54) is 18.4 Å². The molecule has 1 heterocycles. The maximum absolute atomic E-state index is 12.3. The van der Waals surface area contributed by atoms with E-state index in [1.54, 1.807) is 0 Å². The zero-order valence-corrected chi connectivity index (χ0v) is 11.8. The lowest BCUT2D eigenvalue weighted by molar-refractivity contribution is 0.0932. The fraction of sp³-hybridized carbons (Fsp3) is 0.562. The summed E-state index contributed by atoms with van der Waals surface area (Å²) in [6.45, 7) is 2.62. The van der Waals surface area contributed by atoms with Gasteiger partial charge < -0.3 is 15.8 Å². The van der Waals surface area contributed by atoms with Gasteiger partial charge in [0.1, 0.15) is 0 Å². The number of nitrogens with one attached hydrogen (secondary N) is 1. The molecular weight excluding hydrogens is 252 g/mol. The molecule has 1 amide bonds. The third kappa shape index (κ3) is 2.58. The highest BCUT2D eigenvalue weighted by atomic mass is 16.5. The number of carbonyl (C=O) groups is 1. The minimum atomic E-state index is -0.000532. The lowest BCUT2D eigenvalue weighted by Crippen LogP contribution is -2.40. The highest BCUT2D eigenvalue weighted by Crippen LogP contribution is 2.36. The van der Waals surface area contributed by atoms with Gasteiger partial charge in [-0.1, -0.05) is 18.9 Å². The van der Waals surface area contributed by atoms with Gasteiger partial charge >= 0.3 is 0 Å². The molecule has 0 unspecified atom stereocenters. The quantitative estimate of drug-likeness (QED) is 0.882. The van der Waals surface area contributed by atoms with E-state index in [2.05, 4.69) is 5.32 Å². The smallest absolute Gasteiger partial charge is 0.251 e. The highest BCUT2D eigenvalue weighted by molar-refractivity contribution is 5.94. The SMILES string of the molecule is NCC1(CNC(=O)c2ccc3c(c2)COC3)CCCC1. The minimum Gasteiger partial charge on any atom is -0.372 e. The van der Waals surface area contributed by atoms with Crippen molar-refractivity contribution in [2.45, 2.75) is 38.9 Å². The van der Waals surface area contributed by atoms with Crippen molar-refractivity contribution < 1.29 is 9.53 Å². The summed E-state index contributed by atoms with van der Waals surface area (Å²) in [5.41, 5.74) is 9.06. The number of ether oxygens (including phenoxy) is 1. The molecule has 4 heteroatoms. The van der Waals surface area contributed by atoms with E-state index >= 15 is 0 Å². The monoisotopic (exact) mass is 274 g/mol. The van der Waals surface area contributed by atoms with Crippen LogP contribution in [0, 0.1) is 5.41 Å². The average molecular weight is 274 g/mol. The Morgan fingerprint density at radius 3 is 2.75 bits per heavy atom. The first-order valence-corrected chi connectivity index (χ1v) is 7.40. The summed E-state index contributed by atoms with van der Waals surface area (Å²) in [5.74, 6) is -0.000532. The zero-order valence-electron chi connectivity index (χ0n) is 11.8. The van der Waals surface area contributed by atoms with E-state index < -0.39 is 0 Å². The van der Waals surface area contributed by atoms with E-state index in [1.807, 2.05) is 18.2 Å². The van der Waals surface area contributed by atoms with Gasteiger partial charge in [0.15, 0.2) is 0 Å². The Kier molecular flexibility index (Phi) is 3.76. The zero-order chi connectivity index (χ0) is 14.0. The number of hydrogen-bond acceptors (Lipinski definition) is 3. The van der Waals surface area contributed by atoms with Crippen molar-refractivity contribution in [1.82, 2.24) is 5.32 Å². The Hall–Kier alpha value is -1.39. The molecule has 20 heavy (non-hydrogen) atoms. The lowest BCUT2D eigenvalue weighted by atomic mass is 9.86. The fourth-order valence-corrected chi connectivity index (χ4v) is 3.26.